The lowest BCUT2D eigenvalue weighted by molar-refractivity contribution is -0.130. The number of halogens is 1. The van der Waals surface area contributed by atoms with E-state index in [9.17, 15) is 9.18 Å². The molecule has 23 heavy (non-hydrogen) atoms. The minimum atomic E-state index is -0.202. The summed E-state index contributed by atoms with van der Waals surface area (Å²) in [6.07, 6.45) is 1.59. The van der Waals surface area contributed by atoms with E-state index in [2.05, 4.69) is 16.8 Å². The molecule has 1 unspecified atom stereocenters. The van der Waals surface area contributed by atoms with Crippen LogP contribution in [0.15, 0.2) is 24.3 Å². The number of hydrogen-bond acceptors (Lipinski definition) is 3. The van der Waals surface area contributed by atoms with E-state index < -0.39 is 0 Å². The number of rotatable bonds is 4. The second-order valence-electron chi connectivity index (χ2n) is 6.77. The Morgan fingerprint density at radius 3 is 2.52 bits per heavy atom. The van der Waals surface area contributed by atoms with Gasteiger partial charge in [0.15, 0.2) is 0 Å². The molecule has 2 heterocycles. The third kappa shape index (κ3) is 4.30. The Bertz CT molecular complexity index is 526. The van der Waals surface area contributed by atoms with Crippen molar-refractivity contribution in [3.63, 3.8) is 0 Å². The predicted molar refractivity (Wildman–Crippen MR) is 88.9 cm³/mol. The number of hydrogen-bond donors (Lipinski definition) is 0. The highest BCUT2D eigenvalue weighted by atomic mass is 19.1. The number of amides is 1. The highest BCUT2D eigenvalue weighted by Crippen LogP contribution is 2.27. The standard InChI is InChI=1S/C18H26FN3O/c1-20-10-12-21(13-11-20)8-7-18(23)22-9-6-16(14-22)15-2-4-17(19)5-3-15/h2-5,16H,6-14H2,1H3. The van der Waals surface area contributed by atoms with Crippen molar-refractivity contribution in [3.8, 4) is 0 Å². The van der Waals surface area contributed by atoms with Crippen molar-refractivity contribution < 1.29 is 9.18 Å². The average molecular weight is 319 g/mol. The number of piperazine rings is 1. The fourth-order valence-corrected chi connectivity index (χ4v) is 3.48. The first-order valence-electron chi connectivity index (χ1n) is 8.56. The average Bonchev–Trinajstić information content (AvgIpc) is 3.05. The van der Waals surface area contributed by atoms with Gasteiger partial charge in [0.25, 0.3) is 0 Å². The lowest BCUT2D eigenvalue weighted by Gasteiger charge is -2.32. The van der Waals surface area contributed by atoms with Gasteiger partial charge in [-0.2, -0.15) is 0 Å². The summed E-state index contributed by atoms with van der Waals surface area (Å²) in [6.45, 7) is 6.75. The van der Waals surface area contributed by atoms with E-state index in [1.807, 2.05) is 17.0 Å². The van der Waals surface area contributed by atoms with E-state index in [1.165, 1.54) is 12.1 Å². The van der Waals surface area contributed by atoms with E-state index in [-0.39, 0.29) is 11.7 Å². The van der Waals surface area contributed by atoms with Gasteiger partial charge in [0.05, 0.1) is 0 Å². The number of carbonyl (C=O) groups excluding carboxylic acids is 1. The maximum absolute atomic E-state index is 13.0. The van der Waals surface area contributed by atoms with Crippen molar-refractivity contribution in [1.82, 2.24) is 14.7 Å². The van der Waals surface area contributed by atoms with Crippen LogP contribution in [-0.2, 0) is 4.79 Å². The number of carbonyl (C=O) groups is 1. The molecule has 1 aromatic rings. The van der Waals surface area contributed by atoms with Gasteiger partial charge in [0.1, 0.15) is 5.82 Å². The third-order valence-corrected chi connectivity index (χ3v) is 5.12. The van der Waals surface area contributed by atoms with Crippen LogP contribution in [0.1, 0.15) is 24.3 Å². The molecule has 1 aromatic carbocycles. The maximum Gasteiger partial charge on any atom is 0.223 e. The highest BCUT2D eigenvalue weighted by molar-refractivity contribution is 5.76. The van der Waals surface area contributed by atoms with E-state index in [1.54, 1.807) is 0 Å². The summed E-state index contributed by atoms with van der Waals surface area (Å²) in [5.74, 6) is 0.406. The van der Waals surface area contributed by atoms with Gasteiger partial charge in [-0.25, -0.2) is 4.39 Å². The largest absolute Gasteiger partial charge is 0.342 e. The first-order valence-corrected chi connectivity index (χ1v) is 8.56. The van der Waals surface area contributed by atoms with Gasteiger partial charge in [0.2, 0.25) is 5.91 Å². The van der Waals surface area contributed by atoms with E-state index in [0.29, 0.717) is 12.3 Å². The van der Waals surface area contributed by atoms with E-state index in [0.717, 1.165) is 57.8 Å². The van der Waals surface area contributed by atoms with Gasteiger partial charge in [-0.1, -0.05) is 12.1 Å². The molecular formula is C18H26FN3O. The molecule has 2 fully saturated rings. The SMILES string of the molecule is CN1CCN(CCC(=O)N2CCC(c3ccc(F)cc3)C2)CC1. The third-order valence-electron chi connectivity index (χ3n) is 5.12. The minimum absolute atomic E-state index is 0.202. The molecule has 2 aliphatic heterocycles. The molecule has 0 aromatic heterocycles. The zero-order valence-corrected chi connectivity index (χ0v) is 13.9. The molecule has 0 N–H and O–H groups in total. The Kier molecular flexibility index (Phi) is 5.28. The molecule has 4 nitrogen and oxygen atoms in total. The van der Waals surface area contributed by atoms with Gasteiger partial charge >= 0.3 is 0 Å². The molecule has 0 spiro atoms. The van der Waals surface area contributed by atoms with Crippen LogP contribution in [0.2, 0.25) is 0 Å². The fourth-order valence-electron chi connectivity index (χ4n) is 3.48. The van der Waals surface area contributed by atoms with Crippen LogP contribution in [-0.4, -0.2) is 73.5 Å². The van der Waals surface area contributed by atoms with Crippen molar-refractivity contribution in [2.75, 3.05) is 52.9 Å². The molecule has 126 valence electrons. The van der Waals surface area contributed by atoms with E-state index >= 15 is 0 Å². The van der Waals surface area contributed by atoms with Crippen molar-refractivity contribution in [2.24, 2.45) is 0 Å². The number of likely N-dealkylation sites (tertiary alicyclic amines) is 1. The number of nitrogens with zero attached hydrogens (tertiary/aromatic N) is 3. The summed E-state index contributed by atoms with van der Waals surface area (Å²) in [4.78, 5) is 19.1. The Morgan fingerprint density at radius 1 is 1.13 bits per heavy atom. The van der Waals surface area contributed by atoms with Crippen LogP contribution < -0.4 is 0 Å². The molecule has 0 radical (unpaired) electrons. The van der Waals surface area contributed by atoms with Crippen LogP contribution in [0.3, 0.4) is 0 Å². The first kappa shape index (κ1) is 16.4. The molecule has 0 aliphatic carbocycles. The van der Waals surface area contributed by atoms with Crippen LogP contribution in [0, 0.1) is 5.82 Å². The molecule has 1 amide bonds. The number of benzene rings is 1. The Labute approximate surface area is 137 Å². The zero-order chi connectivity index (χ0) is 16.2. The predicted octanol–water partition coefficient (Wildman–Crippen LogP) is 1.78. The smallest absolute Gasteiger partial charge is 0.223 e. The van der Waals surface area contributed by atoms with Gasteiger partial charge in [0, 0.05) is 58.2 Å². The van der Waals surface area contributed by atoms with Crippen LogP contribution in [0.5, 0.6) is 0 Å². The monoisotopic (exact) mass is 319 g/mol. The summed E-state index contributed by atoms with van der Waals surface area (Å²) < 4.78 is 13.0. The Morgan fingerprint density at radius 2 is 1.83 bits per heavy atom. The van der Waals surface area contributed by atoms with Gasteiger partial charge in [-0.15, -0.1) is 0 Å². The van der Waals surface area contributed by atoms with Gasteiger partial charge < -0.3 is 14.7 Å². The fraction of sp³-hybridized carbons (Fsp3) is 0.611. The summed E-state index contributed by atoms with van der Waals surface area (Å²) in [7, 11) is 2.14. The molecule has 2 aliphatic rings. The maximum atomic E-state index is 13.0. The summed E-state index contributed by atoms with van der Waals surface area (Å²) in [6, 6.07) is 6.71. The lowest BCUT2D eigenvalue weighted by atomic mass is 9.99. The van der Waals surface area contributed by atoms with Crippen LogP contribution in [0.25, 0.3) is 0 Å². The Hall–Kier alpha value is -1.46. The van der Waals surface area contributed by atoms with Gasteiger partial charge in [-0.05, 0) is 31.2 Å². The van der Waals surface area contributed by atoms with Crippen molar-refractivity contribution in [2.45, 2.75) is 18.8 Å². The van der Waals surface area contributed by atoms with Crippen LogP contribution >= 0.6 is 0 Å². The molecule has 0 bridgehead atoms. The summed E-state index contributed by atoms with van der Waals surface area (Å²) in [5.41, 5.74) is 1.14. The Balaban J connectivity index is 1.45. The molecular weight excluding hydrogens is 293 g/mol. The lowest BCUT2D eigenvalue weighted by Crippen LogP contribution is -2.45. The quantitative estimate of drug-likeness (QED) is 0.846. The second kappa shape index (κ2) is 7.41. The first-order chi connectivity index (χ1) is 11.1. The topological polar surface area (TPSA) is 26.8 Å². The molecule has 0 saturated carbocycles. The molecule has 2 saturated heterocycles. The molecule has 5 heteroatoms. The highest BCUT2D eigenvalue weighted by Gasteiger charge is 2.27. The summed E-state index contributed by atoms with van der Waals surface area (Å²) in [5, 5.41) is 0. The van der Waals surface area contributed by atoms with Gasteiger partial charge in [-0.3, -0.25) is 4.79 Å². The number of likely N-dealkylation sites (N-methyl/N-ethyl adjacent to an activating group) is 1. The summed E-state index contributed by atoms with van der Waals surface area (Å²) >= 11 is 0. The normalized spacial score (nSPS) is 23.4. The minimum Gasteiger partial charge on any atom is -0.342 e. The molecule has 1 atom stereocenters. The van der Waals surface area contributed by atoms with Crippen molar-refractivity contribution >= 4 is 5.91 Å². The second-order valence-corrected chi connectivity index (χ2v) is 6.77. The van der Waals surface area contributed by atoms with Crippen LogP contribution in [0.4, 0.5) is 4.39 Å². The van der Waals surface area contributed by atoms with Crippen molar-refractivity contribution in [1.29, 1.82) is 0 Å². The van der Waals surface area contributed by atoms with E-state index in [4.69, 9.17) is 0 Å². The zero-order valence-electron chi connectivity index (χ0n) is 13.9. The molecule has 3 rings (SSSR count). The van der Waals surface area contributed by atoms with Crippen molar-refractivity contribution in [3.05, 3.63) is 35.6 Å².